The van der Waals surface area contributed by atoms with E-state index in [9.17, 15) is 14.4 Å². The van der Waals surface area contributed by atoms with Crippen molar-refractivity contribution in [3.8, 4) is 0 Å². The van der Waals surface area contributed by atoms with Crippen molar-refractivity contribution in [1.82, 2.24) is 4.90 Å². The third-order valence-corrected chi connectivity index (χ3v) is 4.78. The zero-order valence-corrected chi connectivity index (χ0v) is 18.1. The maximum Gasteiger partial charge on any atom is 0.338 e. The summed E-state index contributed by atoms with van der Waals surface area (Å²) in [6.07, 6.45) is 1.63. The van der Waals surface area contributed by atoms with Gasteiger partial charge in [-0.1, -0.05) is 6.07 Å². The molecule has 0 spiro atoms. The molecule has 3 rings (SSSR count). The summed E-state index contributed by atoms with van der Waals surface area (Å²) in [5.41, 5.74) is 3.68. The number of hydrogen-bond acceptors (Lipinski definition) is 6. The molecular weight excluding hydrogens is 396 g/mol. The van der Waals surface area contributed by atoms with Crippen molar-refractivity contribution in [2.24, 2.45) is 0 Å². The van der Waals surface area contributed by atoms with Crippen LogP contribution in [0.5, 0.6) is 0 Å². The molecule has 0 fully saturated rings. The van der Waals surface area contributed by atoms with Gasteiger partial charge in [0.1, 0.15) is 0 Å². The van der Waals surface area contributed by atoms with Crippen molar-refractivity contribution in [2.75, 3.05) is 49.8 Å². The van der Waals surface area contributed by atoms with E-state index >= 15 is 0 Å². The predicted molar refractivity (Wildman–Crippen MR) is 121 cm³/mol. The number of nitrogens with one attached hydrogen (secondary N) is 2. The van der Waals surface area contributed by atoms with Gasteiger partial charge in [-0.2, -0.15) is 0 Å². The number of esters is 1. The first-order chi connectivity index (χ1) is 14.8. The summed E-state index contributed by atoms with van der Waals surface area (Å²) < 4.78 is 5.00. The van der Waals surface area contributed by atoms with Crippen LogP contribution in [0.25, 0.3) is 5.57 Å². The standard InChI is InChI=1S/C23H26N4O4/c1-5-31-23(30)15-6-11-18-19(22(29)25-20(18)12-15)13-24-16-7-9-17(10-8-16)27(4)21(28)14-26(2)3/h6-13,24H,5,14H2,1-4H3,(H,25,29)/b19-13-. The first kappa shape index (κ1) is 22.0. The Hall–Kier alpha value is -3.65. The van der Waals surface area contributed by atoms with Crippen LogP contribution in [0.3, 0.4) is 0 Å². The SMILES string of the molecule is CCOC(=O)c1ccc2c(c1)NC(=O)/C2=C\Nc1ccc(N(C)C(=O)CN(C)C)cc1. The topological polar surface area (TPSA) is 91.0 Å². The van der Waals surface area contributed by atoms with Gasteiger partial charge in [0, 0.05) is 35.9 Å². The number of benzene rings is 2. The smallest absolute Gasteiger partial charge is 0.338 e. The lowest BCUT2D eigenvalue weighted by atomic mass is 10.1. The van der Waals surface area contributed by atoms with E-state index in [1.807, 2.05) is 43.3 Å². The zero-order chi connectivity index (χ0) is 22.5. The number of hydrogen-bond donors (Lipinski definition) is 2. The lowest BCUT2D eigenvalue weighted by Gasteiger charge is -2.20. The Kier molecular flexibility index (Phi) is 6.71. The number of likely N-dealkylation sites (N-methyl/N-ethyl adjacent to an activating group) is 2. The van der Waals surface area contributed by atoms with Gasteiger partial charge in [0.2, 0.25) is 5.91 Å². The molecule has 8 nitrogen and oxygen atoms in total. The van der Waals surface area contributed by atoms with E-state index in [4.69, 9.17) is 4.74 Å². The van der Waals surface area contributed by atoms with Crippen LogP contribution in [0.2, 0.25) is 0 Å². The summed E-state index contributed by atoms with van der Waals surface area (Å²) in [7, 11) is 5.43. The number of fused-ring (bicyclic) bond motifs is 1. The molecule has 162 valence electrons. The Bertz CT molecular complexity index is 1030. The van der Waals surface area contributed by atoms with E-state index in [0.29, 0.717) is 28.9 Å². The van der Waals surface area contributed by atoms with Crippen LogP contribution in [0.1, 0.15) is 22.8 Å². The average Bonchev–Trinajstić information content (AvgIpc) is 3.05. The molecular formula is C23H26N4O4. The summed E-state index contributed by atoms with van der Waals surface area (Å²) in [4.78, 5) is 39.9. The predicted octanol–water partition coefficient (Wildman–Crippen LogP) is 2.79. The molecule has 0 aliphatic carbocycles. The summed E-state index contributed by atoms with van der Waals surface area (Å²) >= 11 is 0. The van der Waals surface area contributed by atoms with Gasteiger partial charge < -0.3 is 25.2 Å². The van der Waals surface area contributed by atoms with Gasteiger partial charge >= 0.3 is 5.97 Å². The van der Waals surface area contributed by atoms with E-state index in [1.165, 1.54) is 0 Å². The number of nitrogens with zero attached hydrogens (tertiary/aromatic N) is 2. The highest BCUT2D eigenvalue weighted by Crippen LogP contribution is 2.32. The molecule has 1 heterocycles. The van der Waals surface area contributed by atoms with Crippen LogP contribution in [-0.2, 0) is 14.3 Å². The van der Waals surface area contributed by atoms with Crippen molar-refractivity contribution < 1.29 is 19.1 Å². The van der Waals surface area contributed by atoms with Crippen LogP contribution < -0.4 is 15.5 Å². The second-order valence-electron chi connectivity index (χ2n) is 7.37. The van der Waals surface area contributed by atoms with Gasteiger partial charge in [0.25, 0.3) is 5.91 Å². The highest BCUT2D eigenvalue weighted by Gasteiger charge is 2.25. The number of amides is 2. The fourth-order valence-electron chi connectivity index (χ4n) is 3.14. The number of rotatable bonds is 7. The molecule has 2 N–H and O–H groups in total. The molecule has 2 aromatic carbocycles. The number of carbonyl (C=O) groups excluding carboxylic acids is 3. The van der Waals surface area contributed by atoms with Crippen LogP contribution in [-0.4, -0.2) is 57.0 Å². The van der Waals surface area contributed by atoms with E-state index in [0.717, 1.165) is 11.4 Å². The van der Waals surface area contributed by atoms with E-state index in [1.54, 1.807) is 43.3 Å². The lowest BCUT2D eigenvalue weighted by molar-refractivity contribution is -0.119. The second kappa shape index (κ2) is 9.44. The Morgan fingerprint density at radius 2 is 1.81 bits per heavy atom. The van der Waals surface area contributed by atoms with Gasteiger partial charge in [0.05, 0.1) is 24.3 Å². The van der Waals surface area contributed by atoms with Crippen LogP contribution in [0, 0.1) is 0 Å². The molecule has 0 saturated carbocycles. The third-order valence-electron chi connectivity index (χ3n) is 4.78. The van der Waals surface area contributed by atoms with Crippen LogP contribution in [0.15, 0.2) is 48.7 Å². The number of anilines is 3. The molecule has 31 heavy (non-hydrogen) atoms. The van der Waals surface area contributed by atoms with E-state index in [2.05, 4.69) is 10.6 Å². The van der Waals surface area contributed by atoms with Gasteiger partial charge in [-0.05, 0) is 57.4 Å². The van der Waals surface area contributed by atoms with Crippen LogP contribution >= 0.6 is 0 Å². The Balaban J connectivity index is 1.72. The molecule has 8 heteroatoms. The van der Waals surface area contributed by atoms with E-state index in [-0.39, 0.29) is 18.4 Å². The highest BCUT2D eigenvalue weighted by molar-refractivity contribution is 6.31. The summed E-state index contributed by atoms with van der Waals surface area (Å²) in [6.45, 7) is 2.36. The molecule has 1 aliphatic rings. The third kappa shape index (κ3) is 5.10. The van der Waals surface area contributed by atoms with Crippen molar-refractivity contribution in [3.05, 3.63) is 59.8 Å². The zero-order valence-electron chi connectivity index (χ0n) is 18.1. The fraction of sp³-hybridized carbons (Fsp3) is 0.261. The first-order valence-corrected chi connectivity index (χ1v) is 9.91. The molecule has 2 aromatic rings. The van der Waals surface area contributed by atoms with Crippen molar-refractivity contribution >= 4 is 40.4 Å². The van der Waals surface area contributed by atoms with Crippen molar-refractivity contribution in [3.63, 3.8) is 0 Å². The minimum absolute atomic E-state index is 0.00533. The Morgan fingerprint density at radius 3 is 2.45 bits per heavy atom. The monoisotopic (exact) mass is 422 g/mol. The largest absolute Gasteiger partial charge is 0.462 e. The second-order valence-corrected chi connectivity index (χ2v) is 7.37. The molecule has 0 atom stereocenters. The van der Waals surface area contributed by atoms with E-state index < -0.39 is 5.97 Å². The fourth-order valence-corrected chi connectivity index (χ4v) is 3.14. The Morgan fingerprint density at radius 1 is 1.10 bits per heavy atom. The quantitative estimate of drug-likeness (QED) is 0.527. The maximum absolute atomic E-state index is 12.4. The van der Waals surface area contributed by atoms with Crippen LogP contribution in [0.4, 0.5) is 17.1 Å². The highest BCUT2D eigenvalue weighted by atomic mass is 16.5. The molecule has 0 radical (unpaired) electrons. The summed E-state index contributed by atoms with van der Waals surface area (Å²) in [5.74, 6) is -0.687. The van der Waals surface area contributed by atoms with Crippen molar-refractivity contribution in [1.29, 1.82) is 0 Å². The first-order valence-electron chi connectivity index (χ1n) is 9.91. The lowest BCUT2D eigenvalue weighted by Crippen LogP contribution is -2.34. The average molecular weight is 422 g/mol. The Labute approximate surface area is 181 Å². The number of ether oxygens (including phenoxy) is 1. The molecule has 0 unspecified atom stereocenters. The molecule has 0 saturated heterocycles. The molecule has 1 aliphatic heterocycles. The summed E-state index contributed by atoms with van der Waals surface area (Å²) in [5, 5.41) is 5.89. The maximum atomic E-state index is 12.4. The van der Waals surface area contributed by atoms with Gasteiger partial charge in [0.15, 0.2) is 0 Å². The minimum Gasteiger partial charge on any atom is -0.462 e. The minimum atomic E-state index is -0.427. The van der Waals surface area contributed by atoms with Gasteiger partial charge in [-0.3, -0.25) is 9.59 Å². The van der Waals surface area contributed by atoms with Gasteiger partial charge in [-0.25, -0.2) is 4.79 Å². The number of carbonyl (C=O) groups is 3. The molecule has 0 aromatic heterocycles. The van der Waals surface area contributed by atoms with Crippen molar-refractivity contribution in [2.45, 2.75) is 6.92 Å². The molecule has 0 bridgehead atoms. The summed E-state index contributed by atoms with van der Waals surface area (Å²) in [6, 6.07) is 12.3. The normalized spacial score (nSPS) is 13.7. The van der Waals surface area contributed by atoms with Gasteiger partial charge in [-0.15, -0.1) is 0 Å². The molecule has 2 amide bonds.